The third kappa shape index (κ3) is 5.77. The molecule has 1 aliphatic heterocycles. The van der Waals surface area contributed by atoms with E-state index in [1.54, 1.807) is 0 Å². The van der Waals surface area contributed by atoms with Gasteiger partial charge < -0.3 is 15.0 Å². The third-order valence-corrected chi connectivity index (χ3v) is 4.52. The van der Waals surface area contributed by atoms with E-state index >= 15 is 0 Å². The van der Waals surface area contributed by atoms with Gasteiger partial charge in [-0.15, -0.1) is 0 Å². The van der Waals surface area contributed by atoms with Crippen molar-refractivity contribution in [2.24, 2.45) is 0 Å². The lowest BCUT2D eigenvalue weighted by Crippen LogP contribution is -2.51. The molecule has 1 fully saturated rings. The molecule has 0 saturated carbocycles. The van der Waals surface area contributed by atoms with Crippen molar-refractivity contribution in [2.45, 2.75) is 13.0 Å². The highest BCUT2D eigenvalue weighted by Crippen LogP contribution is 2.09. The summed E-state index contributed by atoms with van der Waals surface area (Å²) in [6.45, 7) is 5.58. The molecule has 1 heterocycles. The van der Waals surface area contributed by atoms with E-state index in [1.807, 2.05) is 41.3 Å². The van der Waals surface area contributed by atoms with Gasteiger partial charge in [0, 0.05) is 39.3 Å². The average Bonchev–Trinajstić information content (AvgIpc) is 2.70. The molecule has 0 aliphatic carbocycles. The molecule has 0 aromatic heterocycles. The highest BCUT2D eigenvalue weighted by molar-refractivity contribution is 5.74. The summed E-state index contributed by atoms with van der Waals surface area (Å²) >= 11 is 0. The minimum Gasteiger partial charge on any atom is -0.494 e. The monoisotopic (exact) mass is 353 g/mol. The zero-order valence-electron chi connectivity index (χ0n) is 15.1. The summed E-state index contributed by atoms with van der Waals surface area (Å²) in [4.78, 5) is 16.5. The maximum atomic E-state index is 12.3. The molecule has 2 aromatic carbocycles. The lowest BCUT2D eigenvalue weighted by molar-refractivity contribution is 0.135. The number of ether oxygens (including phenoxy) is 1. The fourth-order valence-electron chi connectivity index (χ4n) is 3.04. The molecule has 138 valence electrons. The Bertz CT molecular complexity index is 655. The first-order valence-corrected chi connectivity index (χ1v) is 9.28. The Morgan fingerprint density at radius 2 is 1.58 bits per heavy atom. The molecule has 3 rings (SSSR count). The molecule has 1 N–H and O–H groups in total. The molecule has 2 amide bonds. The lowest BCUT2D eigenvalue weighted by Gasteiger charge is -2.34. The normalized spacial score (nSPS) is 14.8. The molecule has 0 spiro atoms. The topological polar surface area (TPSA) is 44.8 Å². The second kappa shape index (κ2) is 9.82. The van der Waals surface area contributed by atoms with Crippen molar-refractivity contribution in [3.8, 4) is 5.75 Å². The molecular formula is C21H27N3O2. The van der Waals surface area contributed by atoms with Gasteiger partial charge in [0.05, 0.1) is 6.61 Å². The van der Waals surface area contributed by atoms with E-state index in [4.69, 9.17) is 4.74 Å². The van der Waals surface area contributed by atoms with Crippen LogP contribution in [0.15, 0.2) is 60.7 Å². The minimum absolute atomic E-state index is 0.0315. The Kier molecular flexibility index (Phi) is 6.90. The van der Waals surface area contributed by atoms with Crippen molar-refractivity contribution < 1.29 is 9.53 Å². The highest BCUT2D eigenvalue weighted by Gasteiger charge is 2.20. The standard InChI is InChI=1S/C21H27N3O2/c25-21(22-12-7-17-26-20-10-5-2-6-11-20)24-15-13-23(14-16-24)18-19-8-3-1-4-9-19/h1-6,8-11H,7,12-18H2,(H,22,25). The number of carbonyl (C=O) groups excluding carboxylic acids is 1. The van der Waals surface area contributed by atoms with Crippen molar-refractivity contribution >= 4 is 6.03 Å². The van der Waals surface area contributed by atoms with Gasteiger partial charge in [0.2, 0.25) is 0 Å². The molecule has 1 saturated heterocycles. The molecule has 26 heavy (non-hydrogen) atoms. The average molecular weight is 353 g/mol. The summed E-state index contributed by atoms with van der Waals surface area (Å²) in [6.07, 6.45) is 0.800. The Balaban J connectivity index is 1.29. The molecule has 0 radical (unpaired) electrons. The van der Waals surface area contributed by atoms with Gasteiger partial charge in [0.25, 0.3) is 0 Å². The first kappa shape index (κ1) is 18.3. The third-order valence-electron chi connectivity index (χ3n) is 4.52. The fraction of sp³-hybridized carbons (Fsp3) is 0.381. The highest BCUT2D eigenvalue weighted by atomic mass is 16.5. The van der Waals surface area contributed by atoms with E-state index in [9.17, 15) is 4.79 Å². The number of rotatable bonds is 7. The van der Waals surface area contributed by atoms with E-state index in [0.717, 1.165) is 44.9 Å². The van der Waals surface area contributed by atoms with Crippen LogP contribution in [0.25, 0.3) is 0 Å². The van der Waals surface area contributed by atoms with Crippen molar-refractivity contribution in [3.05, 3.63) is 66.2 Å². The summed E-state index contributed by atoms with van der Waals surface area (Å²) in [5.74, 6) is 0.869. The number of para-hydroxylation sites is 1. The van der Waals surface area contributed by atoms with Crippen LogP contribution < -0.4 is 10.1 Å². The number of nitrogens with one attached hydrogen (secondary N) is 1. The Hall–Kier alpha value is -2.53. The van der Waals surface area contributed by atoms with E-state index in [0.29, 0.717) is 13.2 Å². The number of piperazine rings is 1. The van der Waals surface area contributed by atoms with Crippen molar-refractivity contribution in [3.63, 3.8) is 0 Å². The first-order chi connectivity index (χ1) is 12.8. The Labute approximate surface area is 155 Å². The van der Waals surface area contributed by atoms with Crippen LogP contribution in [0.1, 0.15) is 12.0 Å². The van der Waals surface area contributed by atoms with Gasteiger partial charge in [0.1, 0.15) is 5.75 Å². The summed E-state index contributed by atoms with van der Waals surface area (Å²) in [7, 11) is 0. The van der Waals surface area contributed by atoms with Gasteiger partial charge in [-0.05, 0) is 24.1 Å². The zero-order chi connectivity index (χ0) is 18.0. The predicted octanol–water partition coefficient (Wildman–Crippen LogP) is 2.98. The number of nitrogens with zero attached hydrogens (tertiary/aromatic N) is 2. The Morgan fingerprint density at radius 3 is 2.27 bits per heavy atom. The Morgan fingerprint density at radius 1 is 0.923 bits per heavy atom. The summed E-state index contributed by atoms with van der Waals surface area (Å²) < 4.78 is 5.63. The number of amides is 2. The second-order valence-corrected chi connectivity index (χ2v) is 6.50. The van der Waals surface area contributed by atoms with Crippen molar-refractivity contribution in [1.82, 2.24) is 15.1 Å². The van der Waals surface area contributed by atoms with E-state index < -0.39 is 0 Å². The van der Waals surface area contributed by atoms with E-state index in [2.05, 4.69) is 34.5 Å². The number of carbonyl (C=O) groups is 1. The maximum absolute atomic E-state index is 12.3. The molecule has 0 atom stereocenters. The maximum Gasteiger partial charge on any atom is 0.317 e. The van der Waals surface area contributed by atoms with Crippen LogP contribution in [0.2, 0.25) is 0 Å². The molecule has 5 nitrogen and oxygen atoms in total. The van der Waals surface area contributed by atoms with Crippen LogP contribution in [0.4, 0.5) is 4.79 Å². The van der Waals surface area contributed by atoms with Gasteiger partial charge in [-0.3, -0.25) is 4.90 Å². The van der Waals surface area contributed by atoms with Crippen LogP contribution in [-0.2, 0) is 6.54 Å². The van der Waals surface area contributed by atoms with Crippen LogP contribution in [-0.4, -0.2) is 55.2 Å². The number of benzene rings is 2. The molecule has 2 aromatic rings. The second-order valence-electron chi connectivity index (χ2n) is 6.50. The van der Waals surface area contributed by atoms with Crippen LogP contribution in [0.5, 0.6) is 5.75 Å². The molecule has 0 unspecified atom stereocenters. The van der Waals surface area contributed by atoms with Crippen molar-refractivity contribution in [1.29, 1.82) is 0 Å². The molecule has 1 aliphatic rings. The van der Waals surface area contributed by atoms with Crippen LogP contribution in [0, 0.1) is 0 Å². The van der Waals surface area contributed by atoms with Gasteiger partial charge in [-0.2, -0.15) is 0 Å². The smallest absolute Gasteiger partial charge is 0.317 e. The summed E-state index contributed by atoms with van der Waals surface area (Å²) in [5, 5.41) is 2.99. The fourth-order valence-corrected chi connectivity index (χ4v) is 3.04. The lowest BCUT2D eigenvalue weighted by atomic mass is 10.2. The summed E-state index contributed by atoms with van der Waals surface area (Å²) in [6, 6.07) is 20.3. The molecule has 5 heteroatoms. The largest absolute Gasteiger partial charge is 0.494 e. The van der Waals surface area contributed by atoms with Crippen LogP contribution >= 0.6 is 0 Å². The van der Waals surface area contributed by atoms with Gasteiger partial charge in [-0.25, -0.2) is 4.79 Å². The molecular weight excluding hydrogens is 326 g/mol. The number of hydrogen-bond donors (Lipinski definition) is 1. The zero-order valence-corrected chi connectivity index (χ0v) is 15.1. The van der Waals surface area contributed by atoms with Crippen LogP contribution in [0.3, 0.4) is 0 Å². The summed E-state index contributed by atoms with van der Waals surface area (Å²) in [5.41, 5.74) is 1.32. The van der Waals surface area contributed by atoms with Crippen molar-refractivity contribution in [2.75, 3.05) is 39.3 Å². The van der Waals surface area contributed by atoms with E-state index in [1.165, 1.54) is 5.56 Å². The molecule has 0 bridgehead atoms. The van der Waals surface area contributed by atoms with Gasteiger partial charge in [-0.1, -0.05) is 48.5 Å². The SMILES string of the molecule is O=C(NCCCOc1ccccc1)N1CCN(Cc2ccccc2)CC1. The predicted molar refractivity (Wildman–Crippen MR) is 103 cm³/mol. The van der Waals surface area contributed by atoms with E-state index in [-0.39, 0.29) is 6.03 Å². The van der Waals surface area contributed by atoms with Gasteiger partial charge >= 0.3 is 6.03 Å². The first-order valence-electron chi connectivity index (χ1n) is 9.28. The van der Waals surface area contributed by atoms with Gasteiger partial charge in [0.15, 0.2) is 0 Å². The number of hydrogen-bond acceptors (Lipinski definition) is 3. The minimum atomic E-state index is 0.0315. The number of urea groups is 1. The quantitative estimate of drug-likeness (QED) is 0.779.